The zero-order chi connectivity index (χ0) is 24.2. The number of pyridine rings is 1. The van der Waals surface area contributed by atoms with E-state index in [0.717, 1.165) is 11.3 Å². The molecule has 1 amide bonds. The van der Waals surface area contributed by atoms with Gasteiger partial charge in [-0.1, -0.05) is 53.5 Å². The maximum absolute atomic E-state index is 14.5. The molecule has 9 heteroatoms. The standard InChI is InChI=1S/C25H22Cl2FN3O3/c1-2-34-22(32)14-31-12-11-19-15(13-31)9-10-21(29-19)25(33)30-20-8-4-5-16(23(20)27)17-6-3-7-18(26)24(17)28/h3-10H,2,11-14H2,1H3,(H,30,33). The van der Waals surface area contributed by atoms with E-state index in [0.29, 0.717) is 37.4 Å². The van der Waals surface area contributed by atoms with Gasteiger partial charge in [-0.2, -0.15) is 0 Å². The van der Waals surface area contributed by atoms with Crippen LogP contribution in [0.5, 0.6) is 0 Å². The van der Waals surface area contributed by atoms with Gasteiger partial charge in [-0.3, -0.25) is 14.5 Å². The fourth-order valence-electron chi connectivity index (χ4n) is 3.86. The molecule has 0 saturated carbocycles. The number of hydrogen-bond acceptors (Lipinski definition) is 5. The minimum Gasteiger partial charge on any atom is -0.465 e. The van der Waals surface area contributed by atoms with E-state index in [1.807, 2.05) is 11.0 Å². The number of halogens is 3. The second kappa shape index (κ2) is 10.5. The highest BCUT2D eigenvalue weighted by Gasteiger charge is 2.22. The number of carbonyl (C=O) groups excluding carboxylic acids is 2. The molecule has 2 aromatic carbocycles. The van der Waals surface area contributed by atoms with E-state index in [-0.39, 0.29) is 33.8 Å². The number of amides is 1. The van der Waals surface area contributed by atoms with E-state index >= 15 is 0 Å². The van der Waals surface area contributed by atoms with Gasteiger partial charge in [0.1, 0.15) is 11.5 Å². The highest BCUT2D eigenvalue weighted by atomic mass is 35.5. The summed E-state index contributed by atoms with van der Waals surface area (Å²) in [5, 5.41) is 2.95. The van der Waals surface area contributed by atoms with E-state index < -0.39 is 11.7 Å². The monoisotopic (exact) mass is 501 g/mol. The highest BCUT2D eigenvalue weighted by Crippen LogP contribution is 2.36. The fraction of sp³-hybridized carbons (Fsp3) is 0.240. The van der Waals surface area contributed by atoms with Crippen molar-refractivity contribution in [1.82, 2.24) is 9.88 Å². The Kier molecular flexibility index (Phi) is 7.46. The lowest BCUT2D eigenvalue weighted by Gasteiger charge is -2.27. The van der Waals surface area contributed by atoms with Crippen LogP contribution < -0.4 is 5.32 Å². The number of fused-ring (bicyclic) bond motifs is 1. The van der Waals surface area contributed by atoms with E-state index in [1.54, 1.807) is 43.3 Å². The largest absolute Gasteiger partial charge is 0.465 e. The van der Waals surface area contributed by atoms with Crippen molar-refractivity contribution in [2.75, 3.05) is 25.0 Å². The Morgan fingerprint density at radius 3 is 2.68 bits per heavy atom. The number of ether oxygens (including phenoxy) is 1. The third kappa shape index (κ3) is 5.22. The van der Waals surface area contributed by atoms with Gasteiger partial charge in [0, 0.05) is 36.3 Å². The van der Waals surface area contributed by atoms with E-state index in [1.165, 1.54) is 6.07 Å². The lowest BCUT2D eigenvalue weighted by molar-refractivity contribution is -0.144. The Labute approximate surface area is 206 Å². The molecule has 6 nitrogen and oxygen atoms in total. The summed E-state index contributed by atoms with van der Waals surface area (Å²) in [4.78, 5) is 31.2. The molecule has 1 aliphatic rings. The van der Waals surface area contributed by atoms with Crippen molar-refractivity contribution in [2.45, 2.75) is 19.9 Å². The molecule has 4 rings (SSSR count). The maximum atomic E-state index is 14.5. The van der Waals surface area contributed by atoms with Gasteiger partial charge >= 0.3 is 5.97 Å². The number of hydrogen-bond donors (Lipinski definition) is 1. The van der Waals surface area contributed by atoms with Crippen LogP contribution in [0.4, 0.5) is 10.1 Å². The molecule has 0 atom stereocenters. The highest BCUT2D eigenvalue weighted by molar-refractivity contribution is 6.37. The summed E-state index contributed by atoms with van der Waals surface area (Å²) in [7, 11) is 0. The topological polar surface area (TPSA) is 71.5 Å². The molecule has 1 N–H and O–H groups in total. The number of esters is 1. The molecule has 1 aromatic heterocycles. The molecule has 3 aromatic rings. The molecule has 0 bridgehead atoms. The number of nitrogens with one attached hydrogen (secondary N) is 1. The smallest absolute Gasteiger partial charge is 0.320 e. The molecule has 0 radical (unpaired) electrons. The summed E-state index contributed by atoms with van der Waals surface area (Å²) < 4.78 is 19.5. The average molecular weight is 502 g/mol. The van der Waals surface area contributed by atoms with Crippen molar-refractivity contribution < 1.29 is 18.7 Å². The zero-order valence-electron chi connectivity index (χ0n) is 18.4. The van der Waals surface area contributed by atoms with Crippen molar-refractivity contribution >= 4 is 40.8 Å². The van der Waals surface area contributed by atoms with Crippen molar-refractivity contribution in [3.8, 4) is 11.1 Å². The Morgan fingerprint density at radius 2 is 1.88 bits per heavy atom. The summed E-state index contributed by atoms with van der Waals surface area (Å²) in [6.07, 6.45) is 0.611. The molecule has 0 aliphatic carbocycles. The molecule has 0 saturated heterocycles. The third-order valence-corrected chi connectivity index (χ3v) is 6.21. The van der Waals surface area contributed by atoms with Gasteiger partial charge < -0.3 is 10.1 Å². The minimum absolute atomic E-state index is 0.0120. The van der Waals surface area contributed by atoms with Gasteiger partial charge in [0.05, 0.1) is 28.9 Å². The van der Waals surface area contributed by atoms with Crippen molar-refractivity contribution in [3.05, 3.63) is 81.3 Å². The number of benzene rings is 2. The lowest BCUT2D eigenvalue weighted by atomic mass is 10.0. The van der Waals surface area contributed by atoms with Gasteiger partial charge in [0.2, 0.25) is 0 Å². The molecule has 0 fully saturated rings. The van der Waals surface area contributed by atoms with Crippen LogP contribution in [-0.4, -0.2) is 41.5 Å². The fourth-order valence-corrected chi connectivity index (χ4v) is 4.31. The molecule has 176 valence electrons. The zero-order valence-corrected chi connectivity index (χ0v) is 19.9. The van der Waals surface area contributed by atoms with Crippen molar-refractivity contribution in [2.24, 2.45) is 0 Å². The molecule has 2 heterocycles. The quantitative estimate of drug-likeness (QED) is 0.459. The van der Waals surface area contributed by atoms with Gasteiger partial charge in [0.15, 0.2) is 0 Å². The van der Waals surface area contributed by atoms with Gasteiger partial charge in [-0.25, -0.2) is 9.37 Å². The second-order valence-electron chi connectivity index (χ2n) is 7.79. The van der Waals surface area contributed by atoms with Gasteiger partial charge in [0.25, 0.3) is 5.91 Å². The Hall–Kier alpha value is -3.00. The van der Waals surface area contributed by atoms with Gasteiger partial charge in [-0.05, 0) is 30.7 Å². The first-order valence-electron chi connectivity index (χ1n) is 10.8. The van der Waals surface area contributed by atoms with Crippen molar-refractivity contribution in [1.29, 1.82) is 0 Å². The second-order valence-corrected chi connectivity index (χ2v) is 8.58. The average Bonchev–Trinajstić information content (AvgIpc) is 2.82. The first-order valence-corrected chi connectivity index (χ1v) is 11.5. The van der Waals surface area contributed by atoms with E-state index in [2.05, 4.69) is 10.3 Å². The molecule has 1 aliphatic heterocycles. The minimum atomic E-state index is -0.581. The van der Waals surface area contributed by atoms with Crippen molar-refractivity contribution in [3.63, 3.8) is 0 Å². The summed E-state index contributed by atoms with van der Waals surface area (Å²) >= 11 is 12.4. The van der Waals surface area contributed by atoms with E-state index in [4.69, 9.17) is 27.9 Å². The summed E-state index contributed by atoms with van der Waals surface area (Å²) in [6.45, 7) is 3.55. The van der Waals surface area contributed by atoms with Crippen LogP contribution in [0.3, 0.4) is 0 Å². The Balaban J connectivity index is 1.50. The Bertz CT molecular complexity index is 1250. The third-order valence-electron chi connectivity index (χ3n) is 5.51. The first kappa shape index (κ1) is 24.1. The number of carbonyl (C=O) groups is 2. The Morgan fingerprint density at radius 1 is 1.12 bits per heavy atom. The number of anilines is 1. The summed E-state index contributed by atoms with van der Waals surface area (Å²) in [5.74, 6) is -1.27. The van der Waals surface area contributed by atoms with E-state index in [9.17, 15) is 14.0 Å². The van der Waals surface area contributed by atoms with Crippen LogP contribution in [0.25, 0.3) is 11.1 Å². The van der Waals surface area contributed by atoms with Gasteiger partial charge in [-0.15, -0.1) is 0 Å². The van der Waals surface area contributed by atoms with Crippen LogP contribution in [0.1, 0.15) is 28.7 Å². The lowest BCUT2D eigenvalue weighted by Crippen LogP contribution is -2.36. The maximum Gasteiger partial charge on any atom is 0.320 e. The van der Waals surface area contributed by atoms with Crippen LogP contribution in [0.2, 0.25) is 10.0 Å². The van der Waals surface area contributed by atoms with Crippen LogP contribution in [0, 0.1) is 5.82 Å². The predicted molar refractivity (Wildman–Crippen MR) is 130 cm³/mol. The summed E-state index contributed by atoms with van der Waals surface area (Å²) in [5.41, 5.74) is 3.02. The first-order chi connectivity index (χ1) is 16.4. The number of nitrogens with zero attached hydrogens (tertiary/aromatic N) is 2. The normalized spacial score (nSPS) is 13.3. The summed E-state index contributed by atoms with van der Waals surface area (Å²) in [6, 6.07) is 13.1. The SMILES string of the molecule is CCOC(=O)CN1CCc2nc(C(=O)Nc3cccc(-c4cccc(Cl)c4F)c3Cl)ccc2C1. The van der Waals surface area contributed by atoms with Crippen LogP contribution in [0.15, 0.2) is 48.5 Å². The van der Waals surface area contributed by atoms with Crippen LogP contribution >= 0.6 is 23.2 Å². The molecule has 0 unspecified atom stereocenters. The molecule has 34 heavy (non-hydrogen) atoms. The number of rotatable bonds is 6. The predicted octanol–water partition coefficient (Wildman–Crippen LogP) is 5.37. The number of aromatic nitrogens is 1. The van der Waals surface area contributed by atoms with Crippen LogP contribution in [-0.2, 0) is 22.5 Å². The molecule has 0 spiro atoms. The molecular formula is C25H22Cl2FN3O3. The molecular weight excluding hydrogens is 480 g/mol.